The average Bonchev–Trinajstić information content (AvgIpc) is 2.15. The highest BCUT2D eigenvalue weighted by Gasteiger charge is 2.44. The van der Waals surface area contributed by atoms with Gasteiger partial charge in [0.25, 0.3) is 5.91 Å². The van der Waals surface area contributed by atoms with Gasteiger partial charge in [-0.2, -0.15) is 8.78 Å². The Bertz CT molecular complexity index is 291. The van der Waals surface area contributed by atoms with Gasteiger partial charge in [-0.05, 0) is 13.8 Å². The number of rotatable bonds is 5. The summed E-state index contributed by atoms with van der Waals surface area (Å²) in [6, 6.07) is 0. The number of amides is 1. The third-order valence-electron chi connectivity index (χ3n) is 3.01. The number of carbonyl (C=O) groups excluding carboxylic acids is 2. The van der Waals surface area contributed by atoms with Gasteiger partial charge in [0, 0.05) is 11.0 Å². The molecular formula is C10H16ClF2NO2. The minimum absolute atomic E-state index is 0.221. The van der Waals surface area contributed by atoms with Crippen LogP contribution in [0.4, 0.5) is 8.78 Å². The van der Waals surface area contributed by atoms with Crippen molar-refractivity contribution < 1.29 is 18.4 Å². The Labute approximate surface area is 98.5 Å². The normalized spacial score (nSPS) is 12.8. The number of nitrogens with one attached hydrogen (secondary N) is 1. The van der Waals surface area contributed by atoms with Gasteiger partial charge in [0.2, 0.25) is 0 Å². The molecule has 0 aromatic carbocycles. The Morgan fingerprint density at radius 3 is 2.00 bits per heavy atom. The lowest BCUT2D eigenvalue weighted by Gasteiger charge is -2.40. The highest BCUT2D eigenvalue weighted by molar-refractivity contribution is 6.28. The lowest BCUT2D eigenvalue weighted by molar-refractivity contribution is -0.137. The first-order valence-electron chi connectivity index (χ1n) is 4.75. The van der Waals surface area contributed by atoms with Gasteiger partial charge >= 0.3 is 6.43 Å². The van der Waals surface area contributed by atoms with E-state index in [1.54, 1.807) is 13.8 Å². The van der Waals surface area contributed by atoms with Crippen LogP contribution in [0.15, 0.2) is 0 Å². The summed E-state index contributed by atoms with van der Waals surface area (Å²) in [5.41, 5.74) is -2.11. The highest BCUT2D eigenvalue weighted by Crippen LogP contribution is 2.32. The molecule has 94 valence electrons. The summed E-state index contributed by atoms with van der Waals surface area (Å²) < 4.78 is 24.2. The molecule has 0 aliphatic heterocycles. The molecule has 0 radical (unpaired) electrons. The number of carbonyl (C=O) groups is 2. The zero-order chi connectivity index (χ0) is 13.1. The molecule has 0 spiro atoms. The minimum Gasteiger partial charge on any atom is -0.345 e. The second-order valence-corrected chi connectivity index (χ2v) is 4.86. The summed E-state index contributed by atoms with van der Waals surface area (Å²) in [7, 11) is 0. The average molecular weight is 256 g/mol. The zero-order valence-electron chi connectivity index (χ0n) is 9.73. The van der Waals surface area contributed by atoms with Crippen molar-refractivity contribution in [2.24, 2.45) is 5.41 Å². The fourth-order valence-electron chi connectivity index (χ4n) is 1.03. The van der Waals surface area contributed by atoms with E-state index in [4.69, 9.17) is 11.6 Å². The van der Waals surface area contributed by atoms with Crippen molar-refractivity contribution in [2.75, 3.05) is 5.88 Å². The minimum atomic E-state index is -3.10. The van der Waals surface area contributed by atoms with Crippen LogP contribution in [0, 0.1) is 5.41 Å². The molecule has 0 aliphatic rings. The number of alkyl halides is 3. The molecule has 1 amide bonds. The van der Waals surface area contributed by atoms with Gasteiger partial charge in [0.05, 0.1) is 5.88 Å². The summed E-state index contributed by atoms with van der Waals surface area (Å²) in [4.78, 5) is 22.5. The van der Waals surface area contributed by atoms with E-state index in [0.29, 0.717) is 0 Å². The van der Waals surface area contributed by atoms with Gasteiger partial charge in [-0.15, -0.1) is 11.6 Å². The molecule has 0 aromatic rings. The molecule has 0 aromatic heterocycles. The Kier molecular flexibility index (Phi) is 4.85. The van der Waals surface area contributed by atoms with Crippen molar-refractivity contribution in [1.82, 2.24) is 5.32 Å². The van der Waals surface area contributed by atoms with Gasteiger partial charge in [-0.3, -0.25) is 9.59 Å². The maximum atomic E-state index is 12.1. The van der Waals surface area contributed by atoms with E-state index in [1.807, 2.05) is 0 Å². The molecule has 0 aliphatic carbocycles. The predicted octanol–water partition coefficient (Wildman–Crippen LogP) is 1.98. The lowest BCUT2D eigenvalue weighted by atomic mass is 9.71. The molecule has 16 heavy (non-hydrogen) atoms. The number of halogens is 3. The van der Waals surface area contributed by atoms with Gasteiger partial charge < -0.3 is 5.32 Å². The largest absolute Gasteiger partial charge is 0.345 e. The Balaban J connectivity index is 4.90. The van der Waals surface area contributed by atoms with Crippen molar-refractivity contribution >= 4 is 23.3 Å². The van der Waals surface area contributed by atoms with Gasteiger partial charge in [0.1, 0.15) is 0 Å². The van der Waals surface area contributed by atoms with E-state index in [0.717, 1.165) is 0 Å². The topological polar surface area (TPSA) is 46.2 Å². The third kappa shape index (κ3) is 3.14. The summed E-state index contributed by atoms with van der Waals surface area (Å²) in [5, 5.41) is 2.14. The van der Waals surface area contributed by atoms with E-state index in [-0.39, 0.29) is 11.7 Å². The fraction of sp³-hybridized carbons (Fsp3) is 0.800. The molecule has 0 saturated carbocycles. The number of ketones is 1. The standard InChI is InChI=1S/C10H16ClF2NO2/c1-9(2,6(15)5-11)10(3,4)14-8(16)7(12)13/h7H,5H2,1-4H3,(H,14,16). The summed E-state index contributed by atoms with van der Waals surface area (Å²) in [5.74, 6) is -1.92. The molecule has 0 saturated heterocycles. The maximum absolute atomic E-state index is 12.1. The zero-order valence-corrected chi connectivity index (χ0v) is 10.5. The molecule has 3 nitrogen and oxygen atoms in total. The molecule has 1 N–H and O–H groups in total. The van der Waals surface area contributed by atoms with Crippen LogP contribution in [0.2, 0.25) is 0 Å². The molecule has 0 unspecified atom stereocenters. The Morgan fingerprint density at radius 2 is 1.69 bits per heavy atom. The number of hydrogen-bond acceptors (Lipinski definition) is 2. The Morgan fingerprint density at radius 1 is 1.25 bits per heavy atom. The van der Waals surface area contributed by atoms with E-state index < -0.39 is 23.3 Å². The molecule has 0 fully saturated rings. The first kappa shape index (κ1) is 15.3. The molecule has 6 heteroatoms. The predicted molar refractivity (Wildman–Crippen MR) is 57.7 cm³/mol. The molecule has 0 rings (SSSR count). The van der Waals surface area contributed by atoms with Crippen molar-refractivity contribution in [3.63, 3.8) is 0 Å². The maximum Gasteiger partial charge on any atom is 0.315 e. The van der Waals surface area contributed by atoms with E-state index in [2.05, 4.69) is 5.32 Å². The molecule has 0 bridgehead atoms. The second-order valence-electron chi connectivity index (χ2n) is 4.60. The molecule has 0 atom stereocenters. The summed E-state index contributed by atoms with van der Waals surface area (Å²) >= 11 is 5.43. The van der Waals surface area contributed by atoms with Crippen LogP contribution in [0.25, 0.3) is 0 Å². The van der Waals surface area contributed by atoms with E-state index in [9.17, 15) is 18.4 Å². The van der Waals surface area contributed by atoms with Crippen LogP contribution >= 0.6 is 11.6 Å². The summed E-state index contributed by atoms with van der Waals surface area (Å²) in [6.07, 6.45) is -3.10. The van der Waals surface area contributed by atoms with Crippen LogP contribution < -0.4 is 5.32 Å². The number of Topliss-reactive ketones (excluding diaryl/α,β-unsaturated/α-hetero) is 1. The molecule has 0 heterocycles. The van der Waals surface area contributed by atoms with Crippen molar-refractivity contribution in [3.8, 4) is 0 Å². The van der Waals surface area contributed by atoms with Crippen LogP contribution in [0.3, 0.4) is 0 Å². The van der Waals surface area contributed by atoms with Gasteiger partial charge in [-0.1, -0.05) is 13.8 Å². The van der Waals surface area contributed by atoms with Crippen molar-refractivity contribution in [1.29, 1.82) is 0 Å². The number of hydrogen-bond donors (Lipinski definition) is 1. The van der Waals surface area contributed by atoms with Crippen LogP contribution in [-0.4, -0.2) is 29.5 Å². The molecular weight excluding hydrogens is 240 g/mol. The second kappa shape index (κ2) is 5.08. The first-order chi connectivity index (χ1) is 7.06. The van der Waals surface area contributed by atoms with Crippen LogP contribution in [0.5, 0.6) is 0 Å². The van der Waals surface area contributed by atoms with E-state index in [1.165, 1.54) is 13.8 Å². The SMILES string of the molecule is CC(C)(NC(=O)C(F)F)C(C)(C)C(=O)CCl. The van der Waals surface area contributed by atoms with Gasteiger partial charge in [-0.25, -0.2) is 0 Å². The van der Waals surface area contributed by atoms with Crippen molar-refractivity contribution in [2.45, 2.75) is 39.7 Å². The Hall–Kier alpha value is -0.710. The van der Waals surface area contributed by atoms with E-state index >= 15 is 0 Å². The fourth-order valence-corrected chi connectivity index (χ4v) is 1.37. The monoisotopic (exact) mass is 255 g/mol. The quantitative estimate of drug-likeness (QED) is 0.764. The van der Waals surface area contributed by atoms with Gasteiger partial charge in [0.15, 0.2) is 5.78 Å². The summed E-state index contributed by atoms with van der Waals surface area (Å²) in [6.45, 7) is 6.14. The van der Waals surface area contributed by atoms with Crippen LogP contribution in [-0.2, 0) is 9.59 Å². The van der Waals surface area contributed by atoms with Crippen molar-refractivity contribution in [3.05, 3.63) is 0 Å². The lowest BCUT2D eigenvalue weighted by Crippen LogP contribution is -2.58. The smallest absolute Gasteiger partial charge is 0.315 e. The first-order valence-corrected chi connectivity index (χ1v) is 5.29. The third-order valence-corrected chi connectivity index (χ3v) is 3.26. The van der Waals surface area contributed by atoms with Crippen LogP contribution in [0.1, 0.15) is 27.7 Å². The highest BCUT2D eigenvalue weighted by atomic mass is 35.5.